The van der Waals surface area contributed by atoms with Crippen LogP contribution in [-0.2, 0) is 6.61 Å². The monoisotopic (exact) mass is 470 g/mol. The van der Waals surface area contributed by atoms with Crippen molar-refractivity contribution < 1.29 is 13.9 Å². The van der Waals surface area contributed by atoms with Gasteiger partial charge in [0.05, 0.1) is 11.4 Å². The molecule has 0 aliphatic heterocycles. The molecule has 4 aromatic rings. The Kier molecular flexibility index (Phi) is 6.27. The molecule has 0 atom stereocenters. The molecule has 0 radical (unpaired) electrons. The first-order valence-electron chi connectivity index (χ1n) is 10.0. The minimum atomic E-state index is -0.607. The van der Waals surface area contributed by atoms with E-state index < -0.39 is 11.8 Å². The summed E-state index contributed by atoms with van der Waals surface area (Å²) in [5.74, 6) is 0.0976. The molecule has 0 saturated heterocycles. The van der Waals surface area contributed by atoms with Crippen molar-refractivity contribution in [2.24, 2.45) is 0 Å². The summed E-state index contributed by atoms with van der Waals surface area (Å²) >= 11 is 6.07. The zero-order chi connectivity index (χ0) is 23.5. The molecule has 2 aromatic carbocycles. The van der Waals surface area contributed by atoms with Gasteiger partial charge in [-0.25, -0.2) is 14.2 Å². The predicted octanol–water partition coefficient (Wildman–Crippen LogP) is 4.49. The Balaban J connectivity index is 1.51. The highest BCUT2D eigenvalue weighted by Gasteiger charge is 2.13. The van der Waals surface area contributed by atoms with Crippen LogP contribution in [0.25, 0.3) is 5.78 Å². The summed E-state index contributed by atoms with van der Waals surface area (Å²) in [7, 11) is 0. The average Bonchev–Trinajstić information content (AvgIpc) is 3.18. The molecule has 2 heterocycles. The minimum Gasteiger partial charge on any atom is -0.485 e. The number of hydrogen-bond donors (Lipinski definition) is 2. The van der Waals surface area contributed by atoms with Gasteiger partial charge in [-0.1, -0.05) is 17.7 Å². The van der Waals surface area contributed by atoms with Gasteiger partial charge in [0.25, 0.3) is 11.3 Å². The fourth-order valence-corrected chi connectivity index (χ4v) is 3.31. The van der Waals surface area contributed by atoms with Crippen molar-refractivity contribution in [3.63, 3.8) is 0 Å². The zero-order valence-corrected chi connectivity index (χ0v) is 18.5. The largest absolute Gasteiger partial charge is 0.485 e. The van der Waals surface area contributed by atoms with E-state index in [0.29, 0.717) is 22.2 Å². The Labute approximate surface area is 192 Å². The number of carbonyl (C=O) groups is 1. The third-order valence-corrected chi connectivity index (χ3v) is 4.87. The van der Waals surface area contributed by atoms with Crippen LogP contribution in [0.2, 0.25) is 5.02 Å². The van der Waals surface area contributed by atoms with Crippen LogP contribution in [0.1, 0.15) is 25.6 Å². The summed E-state index contributed by atoms with van der Waals surface area (Å²) in [6.45, 7) is 3.83. The van der Waals surface area contributed by atoms with Gasteiger partial charge in [-0.15, -0.1) is 0 Å². The van der Waals surface area contributed by atoms with E-state index in [1.165, 1.54) is 34.8 Å². The number of nitrogens with zero attached hydrogens (tertiary/aromatic N) is 4. The highest BCUT2D eigenvalue weighted by atomic mass is 35.5. The van der Waals surface area contributed by atoms with Crippen LogP contribution in [0.3, 0.4) is 0 Å². The number of amides is 2. The molecule has 0 spiro atoms. The molecular formula is C22H20ClFN6O3. The van der Waals surface area contributed by atoms with Gasteiger partial charge in [-0.3, -0.25) is 9.48 Å². The lowest BCUT2D eigenvalue weighted by molar-refractivity contribution is 0.261. The SMILES string of the molecule is CC(C)n1cnc2nc(COc3ccc(Cl)cc3NC(=O)Nc3cccc(F)c3)cc(=O)n21. The third kappa shape index (κ3) is 5.12. The fourth-order valence-electron chi connectivity index (χ4n) is 3.14. The number of nitrogens with one attached hydrogen (secondary N) is 2. The number of halogens is 2. The van der Waals surface area contributed by atoms with Crippen LogP contribution in [0.5, 0.6) is 5.75 Å². The average molecular weight is 471 g/mol. The first kappa shape index (κ1) is 22.3. The number of benzene rings is 2. The number of aromatic nitrogens is 4. The standard InChI is InChI=1S/C22H20ClFN6O3/c1-13(2)29-12-25-21-26-17(10-20(31)30(21)29)11-33-19-7-6-14(23)8-18(19)28-22(32)27-16-5-3-4-15(24)9-16/h3-10,12-13H,11H2,1-2H3,(H2,27,28,32). The van der Waals surface area contributed by atoms with E-state index in [2.05, 4.69) is 20.6 Å². The first-order valence-corrected chi connectivity index (χ1v) is 10.4. The highest BCUT2D eigenvalue weighted by molar-refractivity contribution is 6.31. The van der Waals surface area contributed by atoms with E-state index >= 15 is 0 Å². The van der Waals surface area contributed by atoms with Gasteiger partial charge in [0.2, 0.25) is 0 Å². The van der Waals surface area contributed by atoms with Crippen LogP contribution >= 0.6 is 11.6 Å². The Hall–Kier alpha value is -3.92. The highest BCUT2D eigenvalue weighted by Crippen LogP contribution is 2.29. The molecule has 0 saturated carbocycles. The Morgan fingerprint density at radius 2 is 2.00 bits per heavy atom. The van der Waals surface area contributed by atoms with Crippen molar-refractivity contribution in [1.82, 2.24) is 19.2 Å². The van der Waals surface area contributed by atoms with Crippen molar-refractivity contribution in [3.8, 4) is 5.75 Å². The van der Waals surface area contributed by atoms with Gasteiger partial charge < -0.3 is 15.4 Å². The third-order valence-electron chi connectivity index (χ3n) is 4.63. The molecule has 2 amide bonds. The van der Waals surface area contributed by atoms with E-state index in [4.69, 9.17) is 16.3 Å². The molecule has 170 valence electrons. The van der Waals surface area contributed by atoms with Crippen LogP contribution in [-0.4, -0.2) is 25.2 Å². The second-order valence-corrected chi connectivity index (χ2v) is 7.87. The van der Waals surface area contributed by atoms with E-state index in [-0.39, 0.29) is 29.7 Å². The van der Waals surface area contributed by atoms with Gasteiger partial charge in [-0.05, 0) is 50.2 Å². The number of ether oxygens (including phenoxy) is 1. The Bertz CT molecular complexity index is 1380. The molecular weight excluding hydrogens is 451 g/mol. The topological polar surface area (TPSA) is 103 Å². The summed E-state index contributed by atoms with van der Waals surface area (Å²) in [4.78, 5) is 33.5. The predicted molar refractivity (Wildman–Crippen MR) is 122 cm³/mol. The lowest BCUT2D eigenvalue weighted by atomic mass is 10.3. The van der Waals surface area contributed by atoms with E-state index in [1.54, 1.807) is 29.2 Å². The molecule has 0 fully saturated rings. The Morgan fingerprint density at radius 1 is 1.18 bits per heavy atom. The molecule has 11 heteroatoms. The molecule has 2 aromatic heterocycles. The normalized spacial score (nSPS) is 11.1. The summed E-state index contributed by atoms with van der Waals surface area (Å²) in [6.07, 6.45) is 1.55. The van der Waals surface area contributed by atoms with Gasteiger partial charge >= 0.3 is 6.03 Å². The Morgan fingerprint density at radius 3 is 2.76 bits per heavy atom. The number of rotatable bonds is 6. The van der Waals surface area contributed by atoms with Crippen molar-refractivity contribution >= 4 is 34.8 Å². The molecule has 2 N–H and O–H groups in total. The summed E-state index contributed by atoms with van der Waals surface area (Å²) in [6, 6.07) is 11.0. The molecule has 0 aliphatic carbocycles. The van der Waals surface area contributed by atoms with Crippen LogP contribution in [0, 0.1) is 5.82 Å². The summed E-state index contributed by atoms with van der Waals surface area (Å²) < 4.78 is 22.2. The molecule has 0 aliphatic rings. The lowest BCUT2D eigenvalue weighted by Crippen LogP contribution is -2.23. The number of hydrogen-bond acceptors (Lipinski definition) is 5. The zero-order valence-electron chi connectivity index (χ0n) is 17.8. The number of anilines is 2. The quantitative estimate of drug-likeness (QED) is 0.432. The van der Waals surface area contributed by atoms with Crippen molar-refractivity contribution in [2.75, 3.05) is 10.6 Å². The van der Waals surface area contributed by atoms with Crippen molar-refractivity contribution in [2.45, 2.75) is 26.5 Å². The lowest BCUT2D eigenvalue weighted by Gasteiger charge is -2.14. The van der Waals surface area contributed by atoms with E-state index in [1.807, 2.05) is 13.8 Å². The van der Waals surface area contributed by atoms with Crippen LogP contribution < -0.4 is 20.9 Å². The van der Waals surface area contributed by atoms with Crippen LogP contribution in [0.4, 0.5) is 20.6 Å². The second-order valence-electron chi connectivity index (χ2n) is 7.43. The second kappa shape index (κ2) is 9.29. The number of carbonyl (C=O) groups excluding carboxylic acids is 1. The van der Waals surface area contributed by atoms with Crippen molar-refractivity contribution in [1.29, 1.82) is 0 Å². The number of fused-ring (bicyclic) bond motifs is 1. The molecule has 0 bridgehead atoms. The fraction of sp³-hybridized carbons (Fsp3) is 0.182. The van der Waals surface area contributed by atoms with E-state index in [9.17, 15) is 14.0 Å². The van der Waals surface area contributed by atoms with Crippen molar-refractivity contribution in [3.05, 3.63) is 81.7 Å². The number of urea groups is 1. The van der Waals surface area contributed by atoms with Crippen LogP contribution in [0.15, 0.2) is 59.7 Å². The van der Waals surface area contributed by atoms with Gasteiger partial charge in [0, 0.05) is 22.8 Å². The minimum absolute atomic E-state index is 0.0396. The summed E-state index contributed by atoms with van der Waals surface area (Å²) in [5.41, 5.74) is 0.668. The molecule has 9 nitrogen and oxygen atoms in total. The maximum Gasteiger partial charge on any atom is 0.323 e. The molecule has 33 heavy (non-hydrogen) atoms. The van der Waals surface area contributed by atoms with Gasteiger partial charge in [-0.2, -0.15) is 9.50 Å². The smallest absolute Gasteiger partial charge is 0.323 e. The molecule has 0 unspecified atom stereocenters. The molecule has 4 rings (SSSR count). The van der Waals surface area contributed by atoms with Gasteiger partial charge in [0.15, 0.2) is 0 Å². The summed E-state index contributed by atoms with van der Waals surface area (Å²) in [5, 5.41) is 5.54. The first-order chi connectivity index (χ1) is 15.8. The maximum absolute atomic E-state index is 13.3. The maximum atomic E-state index is 13.3. The van der Waals surface area contributed by atoms with E-state index in [0.717, 1.165) is 0 Å². The van der Waals surface area contributed by atoms with Gasteiger partial charge in [0.1, 0.15) is 24.5 Å².